The summed E-state index contributed by atoms with van der Waals surface area (Å²) >= 11 is 5.86. The highest BCUT2D eigenvalue weighted by Gasteiger charge is 2.31. The minimum Gasteiger partial charge on any atom is -0.336 e. The molecule has 1 saturated heterocycles. The maximum Gasteiger partial charge on any atom is 0.254 e. The molecule has 1 fully saturated rings. The number of para-hydroxylation sites is 1. The Hall–Kier alpha value is -2.55. The highest BCUT2D eigenvalue weighted by Crippen LogP contribution is 2.26. The van der Waals surface area contributed by atoms with Crippen LogP contribution in [0.3, 0.4) is 0 Å². The molecule has 0 aliphatic carbocycles. The summed E-state index contributed by atoms with van der Waals surface area (Å²) in [5, 5.41) is 1.03. The molecule has 4 rings (SSSR count). The zero-order chi connectivity index (χ0) is 20.6. The summed E-state index contributed by atoms with van der Waals surface area (Å²) in [6, 6.07) is 10.2. The Morgan fingerprint density at radius 2 is 1.83 bits per heavy atom. The molecule has 1 aromatic carbocycles. The van der Waals surface area contributed by atoms with Crippen molar-refractivity contribution in [2.75, 3.05) is 26.2 Å². The Balaban J connectivity index is 1.55. The van der Waals surface area contributed by atoms with E-state index in [2.05, 4.69) is 9.97 Å². The third-order valence-electron chi connectivity index (χ3n) is 4.93. The number of halogens is 1. The number of hydrogen-bond acceptors (Lipinski definition) is 5. The molecule has 0 radical (unpaired) electrons. The number of rotatable bonds is 3. The molecule has 0 N–H and O–H groups in total. The number of fused-ring (bicyclic) bond motifs is 1. The van der Waals surface area contributed by atoms with Crippen LogP contribution in [0.5, 0.6) is 0 Å². The summed E-state index contributed by atoms with van der Waals surface area (Å²) in [7, 11) is -3.72. The number of pyridine rings is 2. The van der Waals surface area contributed by atoms with Crippen LogP contribution in [0.1, 0.15) is 15.9 Å². The van der Waals surface area contributed by atoms with Crippen molar-refractivity contribution in [2.45, 2.75) is 11.8 Å². The first kappa shape index (κ1) is 19.8. The predicted octanol–water partition coefficient (Wildman–Crippen LogP) is 2.74. The minimum atomic E-state index is -3.72. The maximum atomic E-state index is 13.2. The van der Waals surface area contributed by atoms with Gasteiger partial charge in [0, 0.05) is 49.5 Å². The van der Waals surface area contributed by atoms with Gasteiger partial charge in [0.2, 0.25) is 10.0 Å². The maximum absolute atomic E-state index is 13.2. The molecule has 1 amide bonds. The van der Waals surface area contributed by atoms with Crippen LogP contribution in [-0.2, 0) is 10.0 Å². The molecular weight excluding hydrogens is 412 g/mol. The lowest BCUT2D eigenvalue weighted by Crippen LogP contribution is -2.50. The molecule has 0 spiro atoms. The highest BCUT2D eigenvalue weighted by molar-refractivity contribution is 7.89. The van der Waals surface area contributed by atoms with Crippen LogP contribution in [-0.4, -0.2) is 59.7 Å². The van der Waals surface area contributed by atoms with Crippen molar-refractivity contribution in [2.24, 2.45) is 0 Å². The number of sulfonamides is 1. The Bertz CT molecular complexity index is 1190. The van der Waals surface area contributed by atoms with Gasteiger partial charge in [-0.05, 0) is 36.8 Å². The first-order valence-electron chi connectivity index (χ1n) is 9.12. The van der Waals surface area contributed by atoms with Gasteiger partial charge in [0.1, 0.15) is 10.0 Å². The van der Waals surface area contributed by atoms with Crippen LogP contribution >= 0.6 is 11.6 Å². The van der Waals surface area contributed by atoms with Gasteiger partial charge in [-0.15, -0.1) is 0 Å². The van der Waals surface area contributed by atoms with Crippen molar-refractivity contribution in [3.05, 3.63) is 65.1 Å². The Kier molecular flexibility index (Phi) is 5.24. The van der Waals surface area contributed by atoms with Crippen molar-refractivity contribution in [1.29, 1.82) is 0 Å². The lowest BCUT2D eigenvalue weighted by Gasteiger charge is -2.34. The monoisotopic (exact) mass is 430 g/mol. The molecule has 1 aliphatic heterocycles. The third-order valence-corrected chi connectivity index (χ3v) is 7.06. The third kappa shape index (κ3) is 3.83. The lowest BCUT2D eigenvalue weighted by molar-refractivity contribution is 0.0698. The van der Waals surface area contributed by atoms with E-state index in [-0.39, 0.29) is 29.0 Å². The van der Waals surface area contributed by atoms with Crippen LogP contribution in [0.4, 0.5) is 0 Å². The Morgan fingerprint density at radius 3 is 2.55 bits per heavy atom. The number of aromatic nitrogens is 2. The van der Waals surface area contributed by atoms with Crippen molar-refractivity contribution in [1.82, 2.24) is 19.2 Å². The fourth-order valence-electron chi connectivity index (χ4n) is 3.44. The van der Waals surface area contributed by atoms with E-state index in [4.69, 9.17) is 11.6 Å². The molecule has 0 atom stereocenters. The van der Waals surface area contributed by atoms with E-state index >= 15 is 0 Å². The fourth-order valence-corrected chi connectivity index (χ4v) is 5.20. The van der Waals surface area contributed by atoms with Gasteiger partial charge in [0.25, 0.3) is 5.91 Å². The zero-order valence-electron chi connectivity index (χ0n) is 15.7. The second-order valence-electron chi connectivity index (χ2n) is 6.90. The summed E-state index contributed by atoms with van der Waals surface area (Å²) in [5.74, 6) is -0.186. The smallest absolute Gasteiger partial charge is 0.254 e. The molecule has 2 aromatic heterocycles. The SMILES string of the molecule is Cc1cnc2c(S(=O)(=O)N3CCN(C(=O)c4ccnc(Cl)c4)CC3)cccc2c1. The van der Waals surface area contributed by atoms with E-state index in [0.717, 1.165) is 10.9 Å². The fraction of sp³-hybridized carbons (Fsp3) is 0.250. The zero-order valence-corrected chi connectivity index (χ0v) is 17.3. The van der Waals surface area contributed by atoms with Gasteiger partial charge in [-0.1, -0.05) is 23.7 Å². The van der Waals surface area contributed by atoms with Crippen molar-refractivity contribution < 1.29 is 13.2 Å². The van der Waals surface area contributed by atoms with Gasteiger partial charge in [-0.25, -0.2) is 13.4 Å². The van der Waals surface area contributed by atoms with Gasteiger partial charge in [-0.2, -0.15) is 4.31 Å². The first-order chi connectivity index (χ1) is 13.9. The predicted molar refractivity (Wildman–Crippen MR) is 110 cm³/mol. The number of carbonyl (C=O) groups excluding carboxylic acids is 1. The van der Waals surface area contributed by atoms with E-state index in [9.17, 15) is 13.2 Å². The van der Waals surface area contributed by atoms with Crippen LogP contribution in [0.15, 0.2) is 53.7 Å². The molecule has 0 bridgehead atoms. The van der Waals surface area contributed by atoms with Gasteiger partial charge in [-0.3, -0.25) is 9.78 Å². The van der Waals surface area contributed by atoms with Gasteiger partial charge in [0.05, 0.1) is 5.52 Å². The number of nitrogens with zero attached hydrogens (tertiary/aromatic N) is 4. The van der Waals surface area contributed by atoms with E-state index in [0.29, 0.717) is 24.2 Å². The molecule has 29 heavy (non-hydrogen) atoms. The largest absolute Gasteiger partial charge is 0.336 e. The second kappa shape index (κ2) is 7.70. The van der Waals surface area contributed by atoms with Gasteiger partial charge in [0.15, 0.2) is 0 Å². The number of piperazine rings is 1. The number of carbonyl (C=O) groups is 1. The van der Waals surface area contributed by atoms with Crippen LogP contribution in [0.25, 0.3) is 10.9 Å². The highest BCUT2D eigenvalue weighted by atomic mass is 35.5. The van der Waals surface area contributed by atoms with Gasteiger partial charge >= 0.3 is 0 Å². The van der Waals surface area contributed by atoms with Crippen molar-refractivity contribution in [3.63, 3.8) is 0 Å². The van der Waals surface area contributed by atoms with Gasteiger partial charge < -0.3 is 4.90 Å². The van der Waals surface area contributed by atoms with E-state index in [1.54, 1.807) is 29.3 Å². The van der Waals surface area contributed by atoms with Crippen LogP contribution in [0, 0.1) is 6.92 Å². The van der Waals surface area contributed by atoms with E-state index in [1.165, 1.54) is 16.6 Å². The first-order valence-corrected chi connectivity index (χ1v) is 10.9. The minimum absolute atomic E-state index is 0.186. The summed E-state index contributed by atoms with van der Waals surface area (Å²) in [6.07, 6.45) is 3.14. The summed E-state index contributed by atoms with van der Waals surface area (Å²) in [5.41, 5.74) is 1.87. The molecule has 9 heteroatoms. The van der Waals surface area contributed by atoms with Crippen molar-refractivity contribution in [3.8, 4) is 0 Å². The molecule has 0 unspecified atom stereocenters. The van der Waals surface area contributed by atoms with Crippen LogP contribution < -0.4 is 0 Å². The van der Waals surface area contributed by atoms with Crippen LogP contribution in [0.2, 0.25) is 5.15 Å². The molecule has 150 valence electrons. The average Bonchev–Trinajstić information content (AvgIpc) is 2.72. The molecule has 3 aromatic rings. The lowest BCUT2D eigenvalue weighted by atomic mass is 10.2. The molecule has 7 nitrogen and oxygen atoms in total. The summed E-state index contributed by atoms with van der Waals surface area (Å²) in [6.45, 7) is 2.95. The van der Waals surface area contributed by atoms with E-state index in [1.807, 2.05) is 19.1 Å². The van der Waals surface area contributed by atoms with Crippen molar-refractivity contribution >= 4 is 38.4 Å². The summed E-state index contributed by atoms with van der Waals surface area (Å²) < 4.78 is 27.9. The Morgan fingerprint density at radius 1 is 1.07 bits per heavy atom. The number of hydrogen-bond donors (Lipinski definition) is 0. The second-order valence-corrected chi connectivity index (χ2v) is 9.20. The molecule has 1 aliphatic rings. The molecular formula is C20H19ClN4O3S. The molecule has 3 heterocycles. The Labute approximate surface area is 174 Å². The topological polar surface area (TPSA) is 83.5 Å². The standard InChI is InChI=1S/C20H19ClN4O3S/c1-14-11-15-3-2-4-17(19(15)23-13-14)29(27,28)25-9-7-24(8-10-25)20(26)16-5-6-22-18(21)12-16/h2-6,11-13H,7-10H2,1H3. The number of benzene rings is 1. The number of aryl methyl sites for hydroxylation is 1. The molecule has 0 saturated carbocycles. The summed E-state index contributed by atoms with van der Waals surface area (Å²) in [4.78, 5) is 22.7. The normalized spacial score (nSPS) is 15.6. The van der Waals surface area contributed by atoms with E-state index < -0.39 is 10.0 Å². The quantitative estimate of drug-likeness (QED) is 0.596. The number of amides is 1. The average molecular weight is 431 g/mol.